The highest BCUT2D eigenvalue weighted by molar-refractivity contribution is 5.95. The lowest BCUT2D eigenvalue weighted by Gasteiger charge is -2.29. The Labute approximate surface area is 120 Å². The van der Waals surface area contributed by atoms with Crippen LogP contribution in [0.15, 0.2) is 18.2 Å². The predicted octanol–water partition coefficient (Wildman–Crippen LogP) is 2.60. The fraction of sp³-hybridized carbons (Fsp3) is 0.562. The van der Waals surface area contributed by atoms with Crippen LogP contribution >= 0.6 is 0 Å². The van der Waals surface area contributed by atoms with E-state index < -0.39 is 0 Å². The Morgan fingerprint density at radius 1 is 1.50 bits per heavy atom. The van der Waals surface area contributed by atoms with Gasteiger partial charge in [-0.15, -0.1) is 0 Å². The van der Waals surface area contributed by atoms with Crippen molar-refractivity contribution >= 4 is 5.91 Å². The van der Waals surface area contributed by atoms with E-state index in [4.69, 9.17) is 0 Å². The van der Waals surface area contributed by atoms with Gasteiger partial charge in [-0.25, -0.2) is 4.39 Å². The number of aryl methyl sites for hydroxylation is 1. The Balaban J connectivity index is 2.07. The first-order valence-corrected chi connectivity index (χ1v) is 7.38. The van der Waals surface area contributed by atoms with Crippen molar-refractivity contribution in [1.82, 2.24) is 10.2 Å². The van der Waals surface area contributed by atoms with Gasteiger partial charge in [0.15, 0.2) is 0 Å². The molecule has 1 saturated heterocycles. The fourth-order valence-corrected chi connectivity index (χ4v) is 2.78. The molecule has 2 rings (SSSR count). The number of piperidine rings is 1. The number of benzene rings is 1. The second-order valence-electron chi connectivity index (χ2n) is 5.52. The van der Waals surface area contributed by atoms with Crippen molar-refractivity contribution in [3.63, 3.8) is 0 Å². The standard InChI is InChI=1S/C16H23FN2O/c1-3-19(11-13-5-4-8-18-10-13)16(20)15-7-6-14(17)9-12(15)2/h6-7,9,13,18H,3-5,8,10-11H2,1-2H3. The molecule has 1 atom stereocenters. The Morgan fingerprint density at radius 2 is 2.30 bits per heavy atom. The van der Waals surface area contributed by atoms with Gasteiger partial charge >= 0.3 is 0 Å². The summed E-state index contributed by atoms with van der Waals surface area (Å²) in [6.45, 7) is 7.30. The number of carbonyl (C=O) groups is 1. The maximum atomic E-state index is 13.1. The van der Waals surface area contributed by atoms with Crippen LogP contribution in [0.3, 0.4) is 0 Å². The molecule has 110 valence electrons. The minimum atomic E-state index is -0.293. The molecule has 3 nitrogen and oxygen atoms in total. The molecule has 0 aliphatic carbocycles. The zero-order valence-electron chi connectivity index (χ0n) is 12.3. The first kappa shape index (κ1) is 15.0. The molecule has 1 aliphatic heterocycles. The third kappa shape index (κ3) is 3.57. The van der Waals surface area contributed by atoms with Crippen LogP contribution in [0.1, 0.15) is 35.7 Å². The second kappa shape index (κ2) is 6.84. The monoisotopic (exact) mass is 278 g/mol. The molecule has 1 aromatic carbocycles. The number of halogens is 1. The normalized spacial score (nSPS) is 18.9. The van der Waals surface area contributed by atoms with Gasteiger partial charge in [0.05, 0.1) is 0 Å². The van der Waals surface area contributed by atoms with Crippen molar-refractivity contribution in [3.05, 3.63) is 35.1 Å². The van der Waals surface area contributed by atoms with E-state index >= 15 is 0 Å². The number of hydrogen-bond donors (Lipinski definition) is 1. The zero-order chi connectivity index (χ0) is 14.5. The summed E-state index contributed by atoms with van der Waals surface area (Å²) in [6, 6.07) is 4.37. The van der Waals surface area contributed by atoms with Crippen LogP contribution in [0.25, 0.3) is 0 Å². The van der Waals surface area contributed by atoms with Gasteiger partial charge in [-0.1, -0.05) is 0 Å². The maximum Gasteiger partial charge on any atom is 0.254 e. The third-order valence-electron chi connectivity index (χ3n) is 3.97. The van der Waals surface area contributed by atoms with Crippen LogP contribution < -0.4 is 5.32 Å². The van der Waals surface area contributed by atoms with Gasteiger partial charge in [0.1, 0.15) is 5.82 Å². The molecule has 0 bridgehead atoms. The number of nitrogens with one attached hydrogen (secondary N) is 1. The van der Waals surface area contributed by atoms with Crippen molar-refractivity contribution in [2.24, 2.45) is 5.92 Å². The van der Waals surface area contributed by atoms with Crippen molar-refractivity contribution in [1.29, 1.82) is 0 Å². The lowest BCUT2D eigenvalue weighted by Crippen LogP contribution is -2.41. The molecule has 1 aliphatic rings. The quantitative estimate of drug-likeness (QED) is 0.918. The molecular formula is C16H23FN2O. The van der Waals surface area contributed by atoms with E-state index in [1.165, 1.54) is 25.0 Å². The molecule has 1 N–H and O–H groups in total. The minimum absolute atomic E-state index is 0.00979. The van der Waals surface area contributed by atoms with Crippen molar-refractivity contribution in [2.45, 2.75) is 26.7 Å². The van der Waals surface area contributed by atoms with Gasteiger partial charge < -0.3 is 10.2 Å². The van der Waals surface area contributed by atoms with Crippen LogP contribution in [-0.2, 0) is 0 Å². The van der Waals surface area contributed by atoms with Gasteiger partial charge in [0.25, 0.3) is 5.91 Å². The van der Waals surface area contributed by atoms with Gasteiger partial charge in [-0.05, 0) is 69.5 Å². The first-order chi connectivity index (χ1) is 9.61. The average molecular weight is 278 g/mol. The number of nitrogens with zero attached hydrogens (tertiary/aromatic N) is 1. The Morgan fingerprint density at radius 3 is 2.90 bits per heavy atom. The molecule has 4 heteroatoms. The topological polar surface area (TPSA) is 32.3 Å². The van der Waals surface area contributed by atoms with E-state index in [-0.39, 0.29) is 11.7 Å². The van der Waals surface area contributed by atoms with Crippen molar-refractivity contribution < 1.29 is 9.18 Å². The molecule has 1 heterocycles. The molecular weight excluding hydrogens is 255 g/mol. The number of carbonyl (C=O) groups excluding carboxylic acids is 1. The number of amides is 1. The summed E-state index contributed by atoms with van der Waals surface area (Å²) in [5.74, 6) is 0.238. The number of hydrogen-bond acceptors (Lipinski definition) is 2. The predicted molar refractivity (Wildman–Crippen MR) is 78.3 cm³/mol. The van der Waals surface area contributed by atoms with Crippen LogP contribution in [-0.4, -0.2) is 37.0 Å². The van der Waals surface area contributed by atoms with Crippen LogP contribution in [0.4, 0.5) is 4.39 Å². The van der Waals surface area contributed by atoms with Crippen molar-refractivity contribution in [3.8, 4) is 0 Å². The largest absolute Gasteiger partial charge is 0.339 e. The molecule has 1 amide bonds. The summed E-state index contributed by atoms with van der Waals surface area (Å²) in [6.07, 6.45) is 2.34. The molecule has 1 aromatic rings. The molecule has 0 saturated carbocycles. The second-order valence-corrected chi connectivity index (χ2v) is 5.52. The average Bonchev–Trinajstić information content (AvgIpc) is 2.45. The smallest absolute Gasteiger partial charge is 0.254 e. The van der Waals surface area contributed by atoms with Crippen molar-refractivity contribution in [2.75, 3.05) is 26.2 Å². The highest BCUT2D eigenvalue weighted by atomic mass is 19.1. The summed E-state index contributed by atoms with van der Waals surface area (Å²) >= 11 is 0. The molecule has 0 aromatic heterocycles. The summed E-state index contributed by atoms with van der Waals surface area (Å²) in [4.78, 5) is 14.4. The van der Waals surface area contributed by atoms with Gasteiger partial charge in [-0.3, -0.25) is 4.79 Å². The first-order valence-electron chi connectivity index (χ1n) is 7.38. The van der Waals surface area contributed by atoms with Crippen LogP contribution in [0.5, 0.6) is 0 Å². The van der Waals surface area contributed by atoms with Gasteiger partial charge in [-0.2, -0.15) is 0 Å². The minimum Gasteiger partial charge on any atom is -0.339 e. The Kier molecular flexibility index (Phi) is 5.12. The zero-order valence-corrected chi connectivity index (χ0v) is 12.3. The lowest BCUT2D eigenvalue weighted by atomic mass is 9.98. The third-order valence-corrected chi connectivity index (χ3v) is 3.97. The van der Waals surface area contributed by atoms with Gasteiger partial charge in [0, 0.05) is 18.7 Å². The summed E-state index contributed by atoms with van der Waals surface area (Å²) in [5, 5.41) is 3.37. The molecule has 20 heavy (non-hydrogen) atoms. The molecule has 1 unspecified atom stereocenters. The number of rotatable bonds is 4. The molecule has 1 fully saturated rings. The SMILES string of the molecule is CCN(CC1CCCNC1)C(=O)c1ccc(F)cc1C. The molecule has 0 radical (unpaired) electrons. The highest BCUT2D eigenvalue weighted by Gasteiger charge is 2.21. The van der Waals surface area contributed by atoms with E-state index in [0.29, 0.717) is 23.6 Å². The van der Waals surface area contributed by atoms with Crippen LogP contribution in [0, 0.1) is 18.7 Å². The lowest BCUT2D eigenvalue weighted by molar-refractivity contribution is 0.0728. The van der Waals surface area contributed by atoms with E-state index in [2.05, 4.69) is 5.32 Å². The Bertz CT molecular complexity index is 470. The highest BCUT2D eigenvalue weighted by Crippen LogP contribution is 2.16. The van der Waals surface area contributed by atoms with Crippen LogP contribution in [0.2, 0.25) is 0 Å². The van der Waals surface area contributed by atoms with E-state index in [1.807, 2.05) is 11.8 Å². The van der Waals surface area contributed by atoms with Gasteiger partial charge in [0.2, 0.25) is 0 Å². The maximum absolute atomic E-state index is 13.1. The summed E-state index contributed by atoms with van der Waals surface area (Å²) in [7, 11) is 0. The van der Waals surface area contributed by atoms with E-state index in [9.17, 15) is 9.18 Å². The summed E-state index contributed by atoms with van der Waals surface area (Å²) < 4.78 is 13.1. The Hall–Kier alpha value is -1.42. The summed E-state index contributed by atoms with van der Waals surface area (Å²) in [5.41, 5.74) is 1.31. The van der Waals surface area contributed by atoms with E-state index in [0.717, 1.165) is 19.6 Å². The van der Waals surface area contributed by atoms with E-state index in [1.54, 1.807) is 13.0 Å². The molecule has 0 spiro atoms. The fourth-order valence-electron chi connectivity index (χ4n) is 2.78.